The summed E-state index contributed by atoms with van der Waals surface area (Å²) < 4.78 is 1.98. The molecule has 7 heteroatoms. The number of nitrogens with one attached hydrogen (secondary N) is 1. The molecule has 7 nitrogen and oxygen atoms in total. The second-order valence-corrected chi connectivity index (χ2v) is 5.26. The van der Waals surface area contributed by atoms with E-state index in [0.717, 1.165) is 26.1 Å². The monoisotopic (exact) mass is 277 g/mol. The summed E-state index contributed by atoms with van der Waals surface area (Å²) in [5.74, 6) is -0.695. The first-order chi connectivity index (χ1) is 9.75. The number of aromatic nitrogens is 2. The third-order valence-corrected chi connectivity index (χ3v) is 3.92. The molecule has 2 aliphatic heterocycles. The molecule has 2 amide bonds. The van der Waals surface area contributed by atoms with Gasteiger partial charge in [0.15, 0.2) is 0 Å². The Morgan fingerprint density at radius 2 is 2.20 bits per heavy atom. The van der Waals surface area contributed by atoms with Gasteiger partial charge in [-0.3, -0.25) is 9.59 Å². The molecule has 0 spiro atoms. The molecule has 3 heterocycles. The Labute approximate surface area is 117 Å². The highest BCUT2D eigenvalue weighted by Gasteiger charge is 2.39. The minimum Gasteiger partial charge on any atom is -0.337 e. The van der Waals surface area contributed by atoms with Crippen LogP contribution < -0.4 is 5.32 Å². The minimum atomic E-state index is -0.353. The molecule has 1 unspecified atom stereocenters. The highest BCUT2D eigenvalue weighted by molar-refractivity contribution is 6.35. The van der Waals surface area contributed by atoms with Crippen LogP contribution in [0.3, 0.4) is 0 Å². The Balaban J connectivity index is 1.56. The van der Waals surface area contributed by atoms with Gasteiger partial charge in [0, 0.05) is 51.7 Å². The molecule has 0 aromatic carbocycles. The maximum absolute atomic E-state index is 12.1. The fraction of sp³-hybridized carbons (Fsp3) is 0.615. The van der Waals surface area contributed by atoms with Crippen LogP contribution in [0.2, 0.25) is 0 Å². The summed E-state index contributed by atoms with van der Waals surface area (Å²) in [6.45, 7) is 4.25. The largest absolute Gasteiger partial charge is 0.337 e. The summed E-state index contributed by atoms with van der Waals surface area (Å²) in [5.41, 5.74) is 0. The van der Waals surface area contributed by atoms with E-state index in [2.05, 4.69) is 10.3 Å². The lowest BCUT2D eigenvalue weighted by atomic mass is 10.1. The summed E-state index contributed by atoms with van der Waals surface area (Å²) in [4.78, 5) is 31.5. The van der Waals surface area contributed by atoms with Gasteiger partial charge >= 0.3 is 11.8 Å². The molecule has 2 aliphatic rings. The minimum absolute atomic E-state index is 0.127. The SMILES string of the molecule is O=C1C(=O)N2CCNCC2CN1CCCn1ccnc1. The maximum Gasteiger partial charge on any atom is 0.312 e. The van der Waals surface area contributed by atoms with Crippen molar-refractivity contribution in [2.24, 2.45) is 0 Å². The van der Waals surface area contributed by atoms with Gasteiger partial charge in [0.1, 0.15) is 0 Å². The molecular formula is C13H19N5O2. The molecule has 0 bridgehead atoms. The van der Waals surface area contributed by atoms with Gasteiger partial charge in [0.05, 0.1) is 12.4 Å². The van der Waals surface area contributed by atoms with Gasteiger partial charge < -0.3 is 19.7 Å². The summed E-state index contributed by atoms with van der Waals surface area (Å²) in [6.07, 6.45) is 6.22. The van der Waals surface area contributed by atoms with E-state index < -0.39 is 0 Å². The van der Waals surface area contributed by atoms with Gasteiger partial charge in [0.25, 0.3) is 0 Å². The third-order valence-electron chi connectivity index (χ3n) is 3.92. The van der Waals surface area contributed by atoms with Crippen molar-refractivity contribution in [1.29, 1.82) is 0 Å². The van der Waals surface area contributed by atoms with E-state index in [-0.39, 0.29) is 17.9 Å². The van der Waals surface area contributed by atoms with Gasteiger partial charge in [-0.15, -0.1) is 0 Å². The number of hydrogen-bond donors (Lipinski definition) is 1. The van der Waals surface area contributed by atoms with Crippen LogP contribution in [0.4, 0.5) is 0 Å². The van der Waals surface area contributed by atoms with Gasteiger partial charge in [0.2, 0.25) is 0 Å². The van der Waals surface area contributed by atoms with E-state index >= 15 is 0 Å². The van der Waals surface area contributed by atoms with E-state index in [9.17, 15) is 9.59 Å². The number of fused-ring (bicyclic) bond motifs is 1. The number of rotatable bonds is 4. The highest BCUT2D eigenvalue weighted by Crippen LogP contribution is 2.14. The van der Waals surface area contributed by atoms with Crippen LogP contribution >= 0.6 is 0 Å². The Bertz CT molecular complexity index is 487. The molecule has 1 aromatic heterocycles. The van der Waals surface area contributed by atoms with Crippen LogP contribution in [0.15, 0.2) is 18.7 Å². The van der Waals surface area contributed by atoms with Crippen LogP contribution in [-0.4, -0.2) is 69.9 Å². The number of hydrogen-bond acceptors (Lipinski definition) is 4. The van der Waals surface area contributed by atoms with Crippen LogP contribution in [0.1, 0.15) is 6.42 Å². The van der Waals surface area contributed by atoms with Crippen molar-refractivity contribution in [1.82, 2.24) is 24.7 Å². The number of piperazine rings is 2. The standard InChI is InChI=1S/C13H19N5O2/c19-12-13(20)18-7-3-14-8-11(18)9-17(12)5-1-4-16-6-2-15-10-16/h2,6,10-11,14H,1,3-5,7-9H2. The lowest BCUT2D eigenvalue weighted by Gasteiger charge is -2.43. The van der Waals surface area contributed by atoms with Crippen molar-refractivity contribution < 1.29 is 9.59 Å². The normalized spacial score (nSPS) is 23.1. The molecule has 0 saturated carbocycles. The van der Waals surface area contributed by atoms with Gasteiger partial charge in [-0.05, 0) is 6.42 Å². The summed E-state index contributed by atoms with van der Waals surface area (Å²) in [5, 5.41) is 3.27. The Morgan fingerprint density at radius 1 is 1.30 bits per heavy atom. The van der Waals surface area contributed by atoms with Gasteiger partial charge in [-0.2, -0.15) is 0 Å². The summed E-state index contributed by atoms with van der Waals surface area (Å²) in [6, 6.07) is 0.127. The lowest BCUT2D eigenvalue weighted by molar-refractivity contribution is -0.159. The second-order valence-electron chi connectivity index (χ2n) is 5.26. The third kappa shape index (κ3) is 2.53. The van der Waals surface area contributed by atoms with Crippen molar-refractivity contribution >= 4 is 11.8 Å². The zero-order chi connectivity index (χ0) is 13.9. The lowest BCUT2D eigenvalue weighted by Crippen LogP contribution is -2.65. The molecule has 20 heavy (non-hydrogen) atoms. The number of nitrogens with zero attached hydrogens (tertiary/aromatic N) is 4. The van der Waals surface area contributed by atoms with E-state index in [0.29, 0.717) is 19.6 Å². The molecule has 2 saturated heterocycles. The molecule has 1 N–H and O–H groups in total. The first-order valence-electron chi connectivity index (χ1n) is 7.02. The van der Waals surface area contributed by atoms with Crippen LogP contribution in [0.25, 0.3) is 0 Å². The number of imidazole rings is 1. The smallest absolute Gasteiger partial charge is 0.312 e. The molecule has 3 rings (SSSR count). The van der Waals surface area contributed by atoms with Crippen LogP contribution in [0.5, 0.6) is 0 Å². The van der Waals surface area contributed by atoms with E-state index in [4.69, 9.17) is 0 Å². The number of carbonyl (C=O) groups is 2. The highest BCUT2D eigenvalue weighted by atomic mass is 16.2. The van der Waals surface area contributed by atoms with Gasteiger partial charge in [-0.1, -0.05) is 0 Å². The molecule has 0 radical (unpaired) electrons. The first-order valence-corrected chi connectivity index (χ1v) is 7.02. The molecule has 0 aliphatic carbocycles. The zero-order valence-electron chi connectivity index (χ0n) is 11.4. The molecule has 108 valence electrons. The van der Waals surface area contributed by atoms with Gasteiger partial charge in [-0.25, -0.2) is 4.98 Å². The molecule has 1 atom stereocenters. The second kappa shape index (κ2) is 5.62. The Hall–Kier alpha value is -1.89. The van der Waals surface area contributed by atoms with Crippen molar-refractivity contribution in [2.45, 2.75) is 19.0 Å². The van der Waals surface area contributed by atoms with E-state index in [1.807, 2.05) is 10.8 Å². The zero-order valence-corrected chi connectivity index (χ0v) is 11.4. The number of aryl methyl sites for hydroxylation is 1. The predicted octanol–water partition coefficient (Wildman–Crippen LogP) is -1.08. The Kier molecular flexibility index (Phi) is 3.68. The van der Waals surface area contributed by atoms with Crippen molar-refractivity contribution in [3.8, 4) is 0 Å². The fourth-order valence-corrected chi connectivity index (χ4v) is 2.84. The molecule has 2 fully saturated rings. The topological polar surface area (TPSA) is 70.5 Å². The average molecular weight is 277 g/mol. The van der Waals surface area contributed by atoms with E-state index in [1.54, 1.807) is 22.3 Å². The van der Waals surface area contributed by atoms with Crippen molar-refractivity contribution in [3.63, 3.8) is 0 Å². The Morgan fingerprint density at radius 3 is 3.00 bits per heavy atom. The first kappa shape index (κ1) is 13.1. The van der Waals surface area contributed by atoms with Crippen LogP contribution in [-0.2, 0) is 16.1 Å². The van der Waals surface area contributed by atoms with Crippen LogP contribution in [0, 0.1) is 0 Å². The summed E-state index contributed by atoms with van der Waals surface area (Å²) in [7, 11) is 0. The fourth-order valence-electron chi connectivity index (χ4n) is 2.84. The summed E-state index contributed by atoms with van der Waals surface area (Å²) >= 11 is 0. The number of carbonyl (C=O) groups excluding carboxylic acids is 2. The predicted molar refractivity (Wildman–Crippen MR) is 71.8 cm³/mol. The quantitative estimate of drug-likeness (QED) is 0.710. The molecule has 1 aromatic rings. The molecular weight excluding hydrogens is 258 g/mol. The maximum atomic E-state index is 12.1. The number of amides is 2. The van der Waals surface area contributed by atoms with E-state index in [1.165, 1.54) is 0 Å². The average Bonchev–Trinajstić information content (AvgIpc) is 2.97. The van der Waals surface area contributed by atoms with Crippen molar-refractivity contribution in [2.75, 3.05) is 32.7 Å². The van der Waals surface area contributed by atoms with Crippen molar-refractivity contribution in [3.05, 3.63) is 18.7 Å².